The number of carbonyl (C=O) groups excluding carboxylic acids is 2. The van der Waals surface area contributed by atoms with Gasteiger partial charge in [-0.2, -0.15) is 13.2 Å². The zero-order chi connectivity index (χ0) is 16.5. The second kappa shape index (κ2) is 5.78. The number of imide groups is 1. The molecule has 0 fully saturated rings. The Hall–Kier alpha value is -2.38. The summed E-state index contributed by atoms with van der Waals surface area (Å²) >= 11 is 0. The van der Waals surface area contributed by atoms with Crippen LogP contribution in [0.25, 0.3) is 0 Å². The Balaban J connectivity index is 2.19. The molecule has 1 aliphatic heterocycles. The van der Waals surface area contributed by atoms with E-state index in [1.54, 1.807) is 0 Å². The molecule has 0 aliphatic carbocycles. The van der Waals surface area contributed by atoms with E-state index in [1.807, 2.05) is 0 Å². The quantitative estimate of drug-likeness (QED) is 0.846. The van der Waals surface area contributed by atoms with E-state index in [0.29, 0.717) is 4.90 Å². The number of halogens is 3. The molecule has 1 atom stereocenters. The van der Waals surface area contributed by atoms with Gasteiger partial charge in [-0.05, 0) is 18.6 Å². The number of rotatable bonds is 5. The van der Waals surface area contributed by atoms with E-state index in [4.69, 9.17) is 5.11 Å². The molecule has 0 radical (unpaired) electrons. The minimum atomic E-state index is -4.69. The van der Waals surface area contributed by atoms with Crippen LogP contribution in [0.1, 0.15) is 33.6 Å². The molecule has 5 nitrogen and oxygen atoms in total. The summed E-state index contributed by atoms with van der Waals surface area (Å²) in [5.74, 6) is -5.00. The predicted molar refractivity (Wildman–Crippen MR) is 68.2 cm³/mol. The number of nitrogens with zero attached hydrogens (tertiary/aromatic N) is 1. The molecule has 0 aromatic heterocycles. The SMILES string of the molecule is O=C(O)CCC(CN1C(=O)c2ccccc2C1=O)C(F)(F)F. The molecule has 1 heterocycles. The van der Waals surface area contributed by atoms with Crippen LogP contribution in [0.5, 0.6) is 0 Å². The molecule has 1 unspecified atom stereocenters. The van der Waals surface area contributed by atoms with Crippen molar-refractivity contribution >= 4 is 17.8 Å². The van der Waals surface area contributed by atoms with Gasteiger partial charge in [0.2, 0.25) is 0 Å². The lowest BCUT2D eigenvalue weighted by atomic mass is 10.0. The fraction of sp³-hybridized carbons (Fsp3) is 0.357. The second-order valence-corrected chi connectivity index (χ2v) is 4.94. The van der Waals surface area contributed by atoms with Gasteiger partial charge in [0.1, 0.15) is 0 Å². The highest BCUT2D eigenvalue weighted by molar-refractivity contribution is 6.21. The van der Waals surface area contributed by atoms with Crippen LogP contribution in [0.3, 0.4) is 0 Å². The molecule has 1 aromatic rings. The molecule has 118 valence electrons. The Morgan fingerprint density at radius 2 is 1.64 bits per heavy atom. The van der Waals surface area contributed by atoms with Gasteiger partial charge >= 0.3 is 12.1 Å². The lowest BCUT2D eigenvalue weighted by Crippen LogP contribution is -2.40. The highest BCUT2D eigenvalue weighted by Crippen LogP contribution is 2.33. The van der Waals surface area contributed by atoms with Crippen molar-refractivity contribution in [1.29, 1.82) is 0 Å². The molecule has 1 aromatic carbocycles. The Labute approximate surface area is 123 Å². The van der Waals surface area contributed by atoms with Gasteiger partial charge in [-0.3, -0.25) is 19.3 Å². The van der Waals surface area contributed by atoms with Gasteiger partial charge < -0.3 is 5.11 Å². The summed E-state index contributed by atoms with van der Waals surface area (Å²) < 4.78 is 38.9. The molecule has 1 aliphatic rings. The van der Waals surface area contributed by atoms with E-state index in [9.17, 15) is 27.6 Å². The minimum absolute atomic E-state index is 0.0617. The van der Waals surface area contributed by atoms with Crippen LogP contribution >= 0.6 is 0 Å². The van der Waals surface area contributed by atoms with Crippen molar-refractivity contribution in [3.63, 3.8) is 0 Å². The lowest BCUT2D eigenvalue weighted by molar-refractivity contribution is -0.179. The number of carbonyl (C=O) groups is 3. The van der Waals surface area contributed by atoms with Gasteiger partial charge in [0.15, 0.2) is 0 Å². The second-order valence-electron chi connectivity index (χ2n) is 4.94. The first-order chi connectivity index (χ1) is 10.2. The highest BCUT2D eigenvalue weighted by atomic mass is 19.4. The largest absolute Gasteiger partial charge is 0.481 e. The zero-order valence-corrected chi connectivity index (χ0v) is 11.3. The summed E-state index contributed by atoms with van der Waals surface area (Å²) in [5.41, 5.74) is 0.123. The summed E-state index contributed by atoms with van der Waals surface area (Å²) in [4.78, 5) is 35.1. The Morgan fingerprint density at radius 1 is 1.14 bits per heavy atom. The van der Waals surface area contributed by atoms with Crippen molar-refractivity contribution in [3.8, 4) is 0 Å². The standard InChI is InChI=1S/C14H12F3NO4/c15-14(16,17)8(5-6-11(19)20)7-18-12(21)9-3-1-2-4-10(9)13(18)22/h1-4,8H,5-7H2,(H,19,20). The van der Waals surface area contributed by atoms with E-state index in [1.165, 1.54) is 24.3 Å². The summed E-state index contributed by atoms with van der Waals surface area (Å²) in [6.07, 6.45) is -6.07. The Bertz CT molecular complexity index is 592. The van der Waals surface area contributed by atoms with Gasteiger partial charge in [-0.1, -0.05) is 12.1 Å². The van der Waals surface area contributed by atoms with E-state index >= 15 is 0 Å². The number of alkyl halides is 3. The van der Waals surface area contributed by atoms with Crippen LogP contribution in [0.2, 0.25) is 0 Å². The van der Waals surface area contributed by atoms with E-state index in [0.717, 1.165) is 0 Å². The number of aliphatic carboxylic acids is 1. The van der Waals surface area contributed by atoms with Crippen LogP contribution in [0.4, 0.5) is 13.2 Å². The Morgan fingerprint density at radius 3 is 2.05 bits per heavy atom. The molecule has 22 heavy (non-hydrogen) atoms. The average molecular weight is 315 g/mol. The van der Waals surface area contributed by atoms with Crippen molar-refractivity contribution in [2.45, 2.75) is 19.0 Å². The number of hydrogen-bond acceptors (Lipinski definition) is 3. The summed E-state index contributed by atoms with van der Waals surface area (Å²) in [6.45, 7) is -0.872. The van der Waals surface area contributed by atoms with Gasteiger partial charge in [0.25, 0.3) is 11.8 Å². The molecule has 0 saturated heterocycles. The van der Waals surface area contributed by atoms with Gasteiger partial charge in [0, 0.05) is 13.0 Å². The van der Waals surface area contributed by atoms with Crippen molar-refractivity contribution in [1.82, 2.24) is 4.90 Å². The maximum Gasteiger partial charge on any atom is 0.393 e. The highest BCUT2D eigenvalue weighted by Gasteiger charge is 2.45. The van der Waals surface area contributed by atoms with Crippen LogP contribution in [-0.2, 0) is 4.79 Å². The number of hydrogen-bond donors (Lipinski definition) is 1. The van der Waals surface area contributed by atoms with Gasteiger partial charge in [-0.15, -0.1) is 0 Å². The first-order valence-corrected chi connectivity index (χ1v) is 6.45. The summed E-state index contributed by atoms with van der Waals surface area (Å²) in [6, 6.07) is 5.77. The molecular weight excluding hydrogens is 303 g/mol. The fourth-order valence-corrected chi connectivity index (χ4v) is 2.28. The summed E-state index contributed by atoms with van der Waals surface area (Å²) in [7, 11) is 0. The van der Waals surface area contributed by atoms with E-state index < -0.39 is 49.3 Å². The van der Waals surface area contributed by atoms with Crippen LogP contribution < -0.4 is 0 Å². The number of amides is 2. The van der Waals surface area contributed by atoms with Crippen LogP contribution in [-0.4, -0.2) is 40.5 Å². The Kier molecular flexibility index (Phi) is 4.20. The van der Waals surface area contributed by atoms with Crippen molar-refractivity contribution in [2.75, 3.05) is 6.54 Å². The third-order valence-electron chi connectivity index (χ3n) is 3.45. The third-order valence-corrected chi connectivity index (χ3v) is 3.45. The third kappa shape index (κ3) is 3.10. The molecule has 0 spiro atoms. The monoisotopic (exact) mass is 315 g/mol. The number of carboxylic acid groups (broad SMARTS) is 1. The number of carboxylic acids is 1. The molecular formula is C14H12F3NO4. The molecule has 1 N–H and O–H groups in total. The fourth-order valence-electron chi connectivity index (χ4n) is 2.28. The topological polar surface area (TPSA) is 74.7 Å². The number of benzene rings is 1. The van der Waals surface area contributed by atoms with E-state index in [2.05, 4.69) is 0 Å². The van der Waals surface area contributed by atoms with Crippen LogP contribution in [0, 0.1) is 5.92 Å². The van der Waals surface area contributed by atoms with Crippen molar-refractivity contribution < 1.29 is 32.7 Å². The van der Waals surface area contributed by atoms with Crippen molar-refractivity contribution in [2.24, 2.45) is 5.92 Å². The normalized spacial score (nSPS) is 15.9. The maximum atomic E-state index is 13.0. The lowest BCUT2D eigenvalue weighted by Gasteiger charge is -2.24. The molecule has 2 rings (SSSR count). The zero-order valence-electron chi connectivity index (χ0n) is 11.3. The molecule has 0 bridgehead atoms. The maximum absolute atomic E-state index is 13.0. The minimum Gasteiger partial charge on any atom is -0.481 e. The van der Waals surface area contributed by atoms with Gasteiger partial charge in [0.05, 0.1) is 17.0 Å². The van der Waals surface area contributed by atoms with Crippen LogP contribution in [0.15, 0.2) is 24.3 Å². The molecule has 0 saturated carbocycles. The average Bonchev–Trinajstić information content (AvgIpc) is 2.67. The smallest absolute Gasteiger partial charge is 0.393 e. The number of fused-ring (bicyclic) bond motifs is 1. The molecule has 2 amide bonds. The first kappa shape index (κ1) is 16.0. The molecule has 8 heteroatoms. The van der Waals surface area contributed by atoms with Crippen molar-refractivity contribution in [3.05, 3.63) is 35.4 Å². The first-order valence-electron chi connectivity index (χ1n) is 6.45. The summed E-state index contributed by atoms with van der Waals surface area (Å²) in [5, 5.41) is 8.52. The predicted octanol–water partition coefficient (Wildman–Crippen LogP) is 2.33. The van der Waals surface area contributed by atoms with Gasteiger partial charge in [-0.25, -0.2) is 0 Å². The van der Waals surface area contributed by atoms with E-state index in [-0.39, 0.29) is 11.1 Å².